The fourth-order valence-corrected chi connectivity index (χ4v) is 2.34. The molecule has 0 spiro atoms. The molecule has 17 heavy (non-hydrogen) atoms. The van der Waals surface area contributed by atoms with Gasteiger partial charge in [0.2, 0.25) is 5.91 Å². The Morgan fingerprint density at radius 2 is 2.35 bits per heavy atom. The summed E-state index contributed by atoms with van der Waals surface area (Å²) in [5.74, 6) is 0.383. The SMILES string of the molecule is CN1CCC(NCc2ccc(O)c(Br)c2)C1=O. The normalized spacial score (nSPS) is 20.0. The van der Waals surface area contributed by atoms with Crippen LogP contribution in [-0.2, 0) is 11.3 Å². The predicted octanol–water partition coefficient (Wildman–Crippen LogP) is 1.47. The maximum atomic E-state index is 11.7. The van der Waals surface area contributed by atoms with Gasteiger partial charge in [-0.25, -0.2) is 0 Å². The Morgan fingerprint density at radius 3 is 2.94 bits per heavy atom. The van der Waals surface area contributed by atoms with Gasteiger partial charge in [0.1, 0.15) is 5.75 Å². The fraction of sp³-hybridized carbons (Fsp3) is 0.417. The Labute approximate surface area is 109 Å². The molecule has 92 valence electrons. The molecule has 1 aliphatic rings. The molecule has 2 rings (SSSR count). The standard InChI is InChI=1S/C12H15BrN2O2/c1-15-5-4-10(12(15)17)14-7-8-2-3-11(16)9(13)6-8/h2-3,6,10,14,16H,4-5,7H2,1H3. The van der Waals surface area contributed by atoms with Gasteiger partial charge in [-0.15, -0.1) is 0 Å². The number of halogens is 1. The largest absolute Gasteiger partial charge is 0.507 e. The highest BCUT2D eigenvalue weighted by molar-refractivity contribution is 9.10. The molecule has 2 N–H and O–H groups in total. The average Bonchev–Trinajstić information content (AvgIpc) is 2.62. The second kappa shape index (κ2) is 5.06. The zero-order chi connectivity index (χ0) is 12.4. The summed E-state index contributed by atoms with van der Waals surface area (Å²) in [6.07, 6.45) is 0.856. The summed E-state index contributed by atoms with van der Waals surface area (Å²) >= 11 is 3.27. The van der Waals surface area contributed by atoms with E-state index in [-0.39, 0.29) is 17.7 Å². The van der Waals surface area contributed by atoms with Crippen molar-refractivity contribution in [1.29, 1.82) is 0 Å². The number of aromatic hydroxyl groups is 1. The van der Waals surface area contributed by atoms with Crippen LogP contribution in [0.3, 0.4) is 0 Å². The highest BCUT2D eigenvalue weighted by Crippen LogP contribution is 2.24. The maximum absolute atomic E-state index is 11.7. The molecule has 1 atom stereocenters. The number of phenolic OH excluding ortho intramolecular Hbond substituents is 1. The number of carbonyl (C=O) groups excluding carboxylic acids is 1. The maximum Gasteiger partial charge on any atom is 0.239 e. The molecular formula is C12H15BrN2O2. The summed E-state index contributed by atoms with van der Waals surface area (Å²) in [7, 11) is 1.82. The minimum Gasteiger partial charge on any atom is -0.507 e. The van der Waals surface area contributed by atoms with E-state index in [2.05, 4.69) is 21.2 Å². The second-order valence-electron chi connectivity index (χ2n) is 4.27. The van der Waals surface area contributed by atoms with Gasteiger partial charge >= 0.3 is 0 Å². The van der Waals surface area contributed by atoms with Crippen LogP contribution in [0, 0.1) is 0 Å². The highest BCUT2D eigenvalue weighted by Gasteiger charge is 2.28. The number of carbonyl (C=O) groups is 1. The minimum absolute atomic E-state index is 0.0763. The van der Waals surface area contributed by atoms with E-state index in [1.165, 1.54) is 0 Å². The lowest BCUT2D eigenvalue weighted by Crippen LogP contribution is -2.36. The molecule has 1 unspecified atom stereocenters. The van der Waals surface area contributed by atoms with Crippen LogP contribution in [0.25, 0.3) is 0 Å². The van der Waals surface area contributed by atoms with Gasteiger partial charge < -0.3 is 15.3 Å². The minimum atomic E-state index is -0.0763. The molecule has 1 heterocycles. The quantitative estimate of drug-likeness (QED) is 0.889. The number of amides is 1. The van der Waals surface area contributed by atoms with Crippen molar-refractivity contribution in [3.8, 4) is 5.75 Å². The first kappa shape index (κ1) is 12.4. The van der Waals surface area contributed by atoms with Crippen LogP contribution >= 0.6 is 15.9 Å². The first-order chi connectivity index (χ1) is 8.08. The molecule has 1 aromatic carbocycles. The van der Waals surface area contributed by atoms with E-state index < -0.39 is 0 Å². The molecule has 1 aliphatic heterocycles. The van der Waals surface area contributed by atoms with E-state index in [0.717, 1.165) is 18.5 Å². The van der Waals surface area contributed by atoms with Crippen LogP contribution < -0.4 is 5.32 Å². The Hall–Kier alpha value is -1.07. The number of nitrogens with one attached hydrogen (secondary N) is 1. The number of hydrogen-bond acceptors (Lipinski definition) is 3. The number of phenols is 1. The molecule has 1 aromatic rings. The third-order valence-corrected chi connectivity index (χ3v) is 3.63. The summed E-state index contributed by atoms with van der Waals surface area (Å²) < 4.78 is 0.673. The van der Waals surface area contributed by atoms with Crippen molar-refractivity contribution in [3.63, 3.8) is 0 Å². The Morgan fingerprint density at radius 1 is 1.59 bits per heavy atom. The molecule has 1 amide bonds. The van der Waals surface area contributed by atoms with Crippen molar-refractivity contribution in [2.75, 3.05) is 13.6 Å². The van der Waals surface area contributed by atoms with E-state index in [9.17, 15) is 9.90 Å². The van der Waals surface area contributed by atoms with Gasteiger partial charge in [-0.3, -0.25) is 4.79 Å². The van der Waals surface area contributed by atoms with Gasteiger partial charge in [-0.05, 0) is 40.0 Å². The molecule has 0 aromatic heterocycles. The van der Waals surface area contributed by atoms with Crippen molar-refractivity contribution >= 4 is 21.8 Å². The van der Waals surface area contributed by atoms with Crippen LogP contribution in [0.4, 0.5) is 0 Å². The van der Waals surface area contributed by atoms with Gasteiger partial charge in [0, 0.05) is 20.1 Å². The Kier molecular flexibility index (Phi) is 3.69. The van der Waals surface area contributed by atoms with Gasteiger partial charge in [0.25, 0.3) is 0 Å². The van der Waals surface area contributed by atoms with Crippen LogP contribution in [0.5, 0.6) is 5.75 Å². The zero-order valence-corrected chi connectivity index (χ0v) is 11.2. The molecule has 0 saturated carbocycles. The summed E-state index contributed by atoms with van der Waals surface area (Å²) in [4.78, 5) is 13.4. The van der Waals surface area contributed by atoms with Crippen molar-refractivity contribution in [1.82, 2.24) is 10.2 Å². The van der Waals surface area contributed by atoms with Gasteiger partial charge in [0.15, 0.2) is 0 Å². The van der Waals surface area contributed by atoms with E-state index in [1.807, 2.05) is 19.2 Å². The van der Waals surface area contributed by atoms with E-state index in [1.54, 1.807) is 11.0 Å². The van der Waals surface area contributed by atoms with Gasteiger partial charge in [-0.1, -0.05) is 6.07 Å². The predicted molar refractivity (Wildman–Crippen MR) is 68.7 cm³/mol. The van der Waals surface area contributed by atoms with E-state index in [4.69, 9.17) is 0 Å². The average molecular weight is 299 g/mol. The summed E-state index contributed by atoms with van der Waals surface area (Å²) in [6, 6.07) is 5.26. The summed E-state index contributed by atoms with van der Waals surface area (Å²) in [6.45, 7) is 1.44. The number of likely N-dealkylation sites (tertiary alicyclic amines) is 1. The van der Waals surface area contributed by atoms with E-state index in [0.29, 0.717) is 11.0 Å². The number of nitrogens with zero attached hydrogens (tertiary/aromatic N) is 1. The lowest BCUT2D eigenvalue weighted by Gasteiger charge is -2.12. The Balaban J connectivity index is 1.94. The second-order valence-corrected chi connectivity index (χ2v) is 5.12. The third kappa shape index (κ3) is 2.79. The molecule has 1 saturated heterocycles. The number of likely N-dealkylation sites (N-methyl/N-ethyl adjacent to an activating group) is 1. The van der Waals surface area contributed by atoms with Crippen molar-refractivity contribution in [3.05, 3.63) is 28.2 Å². The topological polar surface area (TPSA) is 52.6 Å². The highest BCUT2D eigenvalue weighted by atomic mass is 79.9. The van der Waals surface area contributed by atoms with Crippen LogP contribution in [0.15, 0.2) is 22.7 Å². The first-order valence-corrected chi connectivity index (χ1v) is 6.33. The van der Waals surface area contributed by atoms with Gasteiger partial charge in [0.05, 0.1) is 10.5 Å². The molecule has 0 bridgehead atoms. The van der Waals surface area contributed by atoms with E-state index >= 15 is 0 Å². The number of benzene rings is 1. The molecule has 1 fully saturated rings. The van der Waals surface area contributed by atoms with Gasteiger partial charge in [-0.2, -0.15) is 0 Å². The lowest BCUT2D eigenvalue weighted by atomic mass is 10.2. The molecular weight excluding hydrogens is 284 g/mol. The molecule has 5 heteroatoms. The lowest BCUT2D eigenvalue weighted by molar-refractivity contribution is -0.128. The molecule has 0 radical (unpaired) electrons. The van der Waals surface area contributed by atoms with Crippen LogP contribution in [0.1, 0.15) is 12.0 Å². The smallest absolute Gasteiger partial charge is 0.239 e. The molecule has 0 aliphatic carbocycles. The number of hydrogen-bond donors (Lipinski definition) is 2. The van der Waals surface area contributed by atoms with Crippen molar-refractivity contribution in [2.45, 2.75) is 19.0 Å². The number of rotatable bonds is 3. The monoisotopic (exact) mass is 298 g/mol. The van der Waals surface area contributed by atoms with Crippen LogP contribution in [-0.4, -0.2) is 35.5 Å². The first-order valence-electron chi connectivity index (χ1n) is 5.53. The summed E-state index contributed by atoms with van der Waals surface area (Å²) in [5, 5.41) is 12.6. The Bertz CT molecular complexity index is 437. The zero-order valence-electron chi connectivity index (χ0n) is 9.61. The van der Waals surface area contributed by atoms with Crippen LogP contribution in [0.2, 0.25) is 0 Å². The van der Waals surface area contributed by atoms with Crippen molar-refractivity contribution < 1.29 is 9.90 Å². The summed E-state index contributed by atoms with van der Waals surface area (Å²) in [5.41, 5.74) is 1.04. The fourth-order valence-electron chi connectivity index (χ4n) is 1.91. The molecule has 4 nitrogen and oxygen atoms in total. The van der Waals surface area contributed by atoms with Crippen molar-refractivity contribution in [2.24, 2.45) is 0 Å². The third-order valence-electron chi connectivity index (χ3n) is 2.99.